The quantitative estimate of drug-likeness (QED) is 0.742. The summed E-state index contributed by atoms with van der Waals surface area (Å²) < 4.78 is 0. The predicted molar refractivity (Wildman–Crippen MR) is 91.9 cm³/mol. The van der Waals surface area contributed by atoms with Crippen molar-refractivity contribution in [2.75, 3.05) is 10.2 Å². The SMILES string of the molecule is c1ccc(NC2c3ccccc3CN2c2ccccc2)cc1. The maximum Gasteiger partial charge on any atom is 0.126 e. The second-order valence-electron chi connectivity index (χ2n) is 5.58. The second-order valence-corrected chi connectivity index (χ2v) is 5.58. The number of para-hydroxylation sites is 2. The first-order valence-electron chi connectivity index (χ1n) is 7.63. The molecule has 22 heavy (non-hydrogen) atoms. The van der Waals surface area contributed by atoms with Gasteiger partial charge in [0.05, 0.1) is 0 Å². The topological polar surface area (TPSA) is 15.3 Å². The number of fused-ring (bicyclic) bond motifs is 1. The van der Waals surface area contributed by atoms with Crippen molar-refractivity contribution >= 4 is 11.4 Å². The first-order chi connectivity index (χ1) is 10.9. The van der Waals surface area contributed by atoms with Crippen molar-refractivity contribution < 1.29 is 0 Å². The van der Waals surface area contributed by atoms with Crippen LogP contribution in [0.25, 0.3) is 0 Å². The smallest absolute Gasteiger partial charge is 0.126 e. The molecule has 1 N–H and O–H groups in total. The van der Waals surface area contributed by atoms with Crippen molar-refractivity contribution in [1.82, 2.24) is 0 Å². The van der Waals surface area contributed by atoms with Crippen molar-refractivity contribution in [1.29, 1.82) is 0 Å². The van der Waals surface area contributed by atoms with Gasteiger partial charge in [0.2, 0.25) is 0 Å². The van der Waals surface area contributed by atoms with Gasteiger partial charge < -0.3 is 10.2 Å². The van der Waals surface area contributed by atoms with Gasteiger partial charge in [0, 0.05) is 17.9 Å². The largest absolute Gasteiger partial charge is 0.361 e. The fraction of sp³-hybridized carbons (Fsp3) is 0.100. The van der Waals surface area contributed by atoms with Gasteiger partial charge in [-0.2, -0.15) is 0 Å². The third-order valence-corrected chi connectivity index (χ3v) is 4.17. The highest BCUT2D eigenvalue weighted by atomic mass is 15.3. The minimum atomic E-state index is 0.168. The van der Waals surface area contributed by atoms with E-state index in [9.17, 15) is 0 Å². The number of benzene rings is 3. The van der Waals surface area contributed by atoms with E-state index in [2.05, 4.69) is 89.1 Å². The van der Waals surface area contributed by atoms with Crippen molar-refractivity contribution in [2.24, 2.45) is 0 Å². The Bertz CT molecular complexity index is 753. The van der Waals surface area contributed by atoms with Crippen LogP contribution < -0.4 is 10.2 Å². The molecular formula is C20H18N2. The van der Waals surface area contributed by atoms with Gasteiger partial charge >= 0.3 is 0 Å². The van der Waals surface area contributed by atoms with Crippen molar-refractivity contribution in [3.8, 4) is 0 Å². The van der Waals surface area contributed by atoms with E-state index in [-0.39, 0.29) is 6.17 Å². The fourth-order valence-corrected chi connectivity index (χ4v) is 3.10. The molecule has 2 heteroatoms. The molecular weight excluding hydrogens is 268 g/mol. The zero-order chi connectivity index (χ0) is 14.8. The Balaban J connectivity index is 1.73. The van der Waals surface area contributed by atoms with Gasteiger partial charge in [0.25, 0.3) is 0 Å². The van der Waals surface area contributed by atoms with Gasteiger partial charge in [-0.3, -0.25) is 0 Å². The number of nitrogens with one attached hydrogen (secondary N) is 1. The monoisotopic (exact) mass is 286 g/mol. The molecule has 0 bridgehead atoms. The Morgan fingerprint density at radius 3 is 2.14 bits per heavy atom. The van der Waals surface area contributed by atoms with Gasteiger partial charge in [-0.25, -0.2) is 0 Å². The summed E-state index contributed by atoms with van der Waals surface area (Å²) in [6, 6.07) is 29.7. The third kappa shape index (κ3) is 2.33. The lowest BCUT2D eigenvalue weighted by atomic mass is 10.1. The third-order valence-electron chi connectivity index (χ3n) is 4.17. The first-order valence-corrected chi connectivity index (χ1v) is 7.63. The molecule has 0 saturated heterocycles. The molecule has 1 atom stereocenters. The lowest BCUT2D eigenvalue weighted by Gasteiger charge is -2.29. The van der Waals surface area contributed by atoms with Crippen molar-refractivity contribution in [3.63, 3.8) is 0 Å². The molecule has 3 aromatic carbocycles. The van der Waals surface area contributed by atoms with Gasteiger partial charge in [0.1, 0.15) is 6.17 Å². The van der Waals surface area contributed by atoms with E-state index >= 15 is 0 Å². The van der Waals surface area contributed by atoms with Crippen LogP contribution in [0.15, 0.2) is 84.9 Å². The van der Waals surface area contributed by atoms with E-state index in [4.69, 9.17) is 0 Å². The average molecular weight is 286 g/mol. The Morgan fingerprint density at radius 1 is 0.727 bits per heavy atom. The lowest BCUT2D eigenvalue weighted by molar-refractivity contribution is 0.746. The lowest BCUT2D eigenvalue weighted by Crippen LogP contribution is -2.27. The van der Waals surface area contributed by atoms with E-state index in [1.54, 1.807) is 0 Å². The Kier molecular flexibility index (Phi) is 3.28. The Labute approximate surface area is 131 Å². The summed E-state index contributed by atoms with van der Waals surface area (Å²) in [6.07, 6.45) is 0.168. The van der Waals surface area contributed by atoms with E-state index < -0.39 is 0 Å². The molecule has 0 amide bonds. The van der Waals surface area contributed by atoms with Crippen LogP contribution in [0.2, 0.25) is 0 Å². The molecule has 0 aliphatic carbocycles. The molecule has 4 rings (SSSR count). The maximum absolute atomic E-state index is 3.67. The number of hydrogen-bond acceptors (Lipinski definition) is 2. The summed E-state index contributed by atoms with van der Waals surface area (Å²) >= 11 is 0. The van der Waals surface area contributed by atoms with Crippen LogP contribution in [0, 0.1) is 0 Å². The highest BCUT2D eigenvalue weighted by Crippen LogP contribution is 2.37. The molecule has 108 valence electrons. The van der Waals surface area contributed by atoms with Crippen LogP contribution in [0.4, 0.5) is 11.4 Å². The van der Waals surface area contributed by atoms with Crippen molar-refractivity contribution in [3.05, 3.63) is 96.1 Å². The van der Waals surface area contributed by atoms with Crippen LogP contribution in [0.3, 0.4) is 0 Å². The van der Waals surface area contributed by atoms with Crippen LogP contribution >= 0.6 is 0 Å². The number of nitrogens with zero attached hydrogens (tertiary/aromatic N) is 1. The zero-order valence-corrected chi connectivity index (χ0v) is 12.3. The molecule has 1 unspecified atom stereocenters. The van der Waals surface area contributed by atoms with E-state index in [1.165, 1.54) is 16.8 Å². The van der Waals surface area contributed by atoms with Gasteiger partial charge in [-0.1, -0.05) is 60.7 Å². The summed E-state index contributed by atoms with van der Waals surface area (Å²) in [5, 5.41) is 3.67. The van der Waals surface area contributed by atoms with E-state index in [0.717, 1.165) is 12.2 Å². The average Bonchev–Trinajstić information content (AvgIpc) is 2.95. The maximum atomic E-state index is 3.67. The molecule has 0 aromatic heterocycles. The number of rotatable bonds is 3. The minimum absolute atomic E-state index is 0.168. The zero-order valence-electron chi connectivity index (χ0n) is 12.3. The first kappa shape index (κ1) is 13.0. The van der Waals surface area contributed by atoms with E-state index in [1.807, 2.05) is 6.07 Å². The standard InChI is InChI=1S/C20H18N2/c1-3-10-17(11-4-1)21-20-19-14-8-7-9-16(19)15-22(20)18-12-5-2-6-13-18/h1-14,20-21H,15H2. The Morgan fingerprint density at radius 2 is 1.36 bits per heavy atom. The molecule has 0 saturated carbocycles. The van der Waals surface area contributed by atoms with Crippen LogP contribution in [-0.4, -0.2) is 0 Å². The summed E-state index contributed by atoms with van der Waals surface area (Å²) in [6.45, 7) is 0.935. The molecule has 2 nitrogen and oxygen atoms in total. The minimum Gasteiger partial charge on any atom is -0.361 e. The van der Waals surface area contributed by atoms with Gasteiger partial charge in [0.15, 0.2) is 0 Å². The number of hydrogen-bond donors (Lipinski definition) is 1. The molecule has 1 aliphatic rings. The second kappa shape index (κ2) is 5.57. The van der Waals surface area contributed by atoms with Crippen LogP contribution in [0.1, 0.15) is 17.3 Å². The summed E-state index contributed by atoms with van der Waals surface area (Å²) in [5.41, 5.74) is 5.13. The van der Waals surface area contributed by atoms with Gasteiger partial charge in [-0.15, -0.1) is 0 Å². The molecule has 0 spiro atoms. The molecule has 3 aromatic rings. The van der Waals surface area contributed by atoms with Gasteiger partial charge in [-0.05, 0) is 35.4 Å². The Hall–Kier alpha value is -2.74. The number of anilines is 2. The molecule has 1 heterocycles. The molecule has 1 aliphatic heterocycles. The molecule has 0 fully saturated rings. The van der Waals surface area contributed by atoms with Crippen LogP contribution in [-0.2, 0) is 6.54 Å². The molecule has 0 radical (unpaired) electrons. The van der Waals surface area contributed by atoms with Crippen LogP contribution in [0.5, 0.6) is 0 Å². The summed E-state index contributed by atoms with van der Waals surface area (Å²) in [5.74, 6) is 0. The summed E-state index contributed by atoms with van der Waals surface area (Å²) in [7, 11) is 0. The summed E-state index contributed by atoms with van der Waals surface area (Å²) in [4.78, 5) is 2.41. The van der Waals surface area contributed by atoms with Crippen molar-refractivity contribution in [2.45, 2.75) is 12.7 Å². The predicted octanol–water partition coefficient (Wildman–Crippen LogP) is 4.82. The normalized spacial score (nSPS) is 16.4. The highest BCUT2D eigenvalue weighted by Gasteiger charge is 2.29. The highest BCUT2D eigenvalue weighted by molar-refractivity contribution is 5.58. The fourth-order valence-electron chi connectivity index (χ4n) is 3.10. The van der Waals surface area contributed by atoms with E-state index in [0.29, 0.717) is 0 Å².